The average Bonchev–Trinajstić information content (AvgIpc) is 2.48. The Balaban J connectivity index is 2.21. The lowest BCUT2D eigenvalue weighted by molar-refractivity contribution is -0.0937. The molecule has 0 aliphatic carbocycles. The summed E-state index contributed by atoms with van der Waals surface area (Å²) >= 11 is 0. The van der Waals surface area contributed by atoms with Crippen LogP contribution in [0.2, 0.25) is 0 Å². The number of rotatable bonds is 6. The molecule has 0 saturated heterocycles. The molecule has 3 N–H and O–H groups in total. The van der Waals surface area contributed by atoms with Crippen molar-refractivity contribution in [2.24, 2.45) is 0 Å². The van der Waals surface area contributed by atoms with Gasteiger partial charge in [-0.25, -0.2) is 0 Å². The van der Waals surface area contributed by atoms with Gasteiger partial charge in [-0.1, -0.05) is 60.7 Å². The van der Waals surface area contributed by atoms with Crippen molar-refractivity contribution in [2.75, 3.05) is 6.61 Å². The summed E-state index contributed by atoms with van der Waals surface area (Å²) in [6.07, 6.45) is -0.586. The second-order valence-electron chi connectivity index (χ2n) is 5.13. The van der Waals surface area contributed by atoms with Crippen LogP contribution in [0, 0.1) is 0 Å². The predicted octanol–water partition coefficient (Wildman–Crippen LogP) is 1.56. The van der Waals surface area contributed by atoms with Gasteiger partial charge in [-0.2, -0.15) is 0 Å². The van der Waals surface area contributed by atoms with E-state index in [9.17, 15) is 15.3 Å². The minimum absolute atomic E-state index is 0.296. The molecule has 3 heteroatoms. The van der Waals surface area contributed by atoms with E-state index in [1.807, 2.05) is 60.7 Å². The third kappa shape index (κ3) is 3.67. The standard InChI is InChI=1S/C17H20O3/c18-13-16(19)17(20,11-14-7-3-1-4-8-14)12-15-9-5-2-6-10-15/h1-10,16,18-20H,11-13H2. The van der Waals surface area contributed by atoms with Crippen LogP contribution in [-0.4, -0.2) is 33.6 Å². The smallest absolute Gasteiger partial charge is 0.106 e. The molecule has 20 heavy (non-hydrogen) atoms. The molecule has 2 aromatic carbocycles. The predicted molar refractivity (Wildman–Crippen MR) is 78.3 cm³/mol. The topological polar surface area (TPSA) is 60.7 Å². The molecular weight excluding hydrogens is 252 g/mol. The van der Waals surface area contributed by atoms with Crippen molar-refractivity contribution in [3.05, 3.63) is 71.8 Å². The van der Waals surface area contributed by atoms with Crippen molar-refractivity contribution in [3.8, 4) is 0 Å². The fraction of sp³-hybridized carbons (Fsp3) is 0.294. The van der Waals surface area contributed by atoms with Crippen LogP contribution in [0.3, 0.4) is 0 Å². The molecular formula is C17H20O3. The SMILES string of the molecule is OCC(O)C(O)(Cc1ccccc1)Cc1ccccc1. The lowest BCUT2D eigenvalue weighted by Gasteiger charge is -2.32. The normalized spacial score (nSPS) is 13.2. The zero-order valence-corrected chi connectivity index (χ0v) is 11.3. The summed E-state index contributed by atoms with van der Waals surface area (Å²) in [6.45, 7) is -0.462. The Morgan fingerprint density at radius 3 is 1.55 bits per heavy atom. The van der Waals surface area contributed by atoms with E-state index in [-0.39, 0.29) is 0 Å². The van der Waals surface area contributed by atoms with Gasteiger partial charge < -0.3 is 15.3 Å². The van der Waals surface area contributed by atoms with E-state index in [0.717, 1.165) is 11.1 Å². The molecule has 0 spiro atoms. The first-order chi connectivity index (χ1) is 9.64. The maximum Gasteiger partial charge on any atom is 0.106 e. The number of aliphatic hydroxyl groups is 3. The summed E-state index contributed by atoms with van der Waals surface area (Å²) in [5, 5.41) is 30.0. The van der Waals surface area contributed by atoms with Crippen molar-refractivity contribution in [1.29, 1.82) is 0 Å². The minimum atomic E-state index is -1.38. The molecule has 0 saturated carbocycles. The Labute approximate surface area is 119 Å². The van der Waals surface area contributed by atoms with E-state index in [1.54, 1.807) is 0 Å². The highest BCUT2D eigenvalue weighted by Crippen LogP contribution is 2.23. The first kappa shape index (κ1) is 14.7. The zero-order valence-electron chi connectivity index (χ0n) is 11.3. The van der Waals surface area contributed by atoms with Crippen LogP contribution in [0.5, 0.6) is 0 Å². The molecule has 0 fully saturated rings. The molecule has 3 nitrogen and oxygen atoms in total. The van der Waals surface area contributed by atoms with Crippen molar-refractivity contribution >= 4 is 0 Å². The zero-order chi connectivity index (χ0) is 14.4. The molecule has 0 aromatic heterocycles. The van der Waals surface area contributed by atoms with Crippen LogP contribution in [0.4, 0.5) is 0 Å². The first-order valence-corrected chi connectivity index (χ1v) is 6.73. The number of aliphatic hydroxyl groups excluding tert-OH is 2. The molecule has 2 rings (SSSR count). The number of benzene rings is 2. The van der Waals surface area contributed by atoms with Crippen molar-refractivity contribution in [3.63, 3.8) is 0 Å². The lowest BCUT2D eigenvalue weighted by Crippen LogP contribution is -2.48. The number of hydrogen-bond acceptors (Lipinski definition) is 3. The van der Waals surface area contributed by atoms with Crippen molar-refractivity contribution < 1.29 is 15.3 Å². The summed E-state index contributed by atoms with van der Waals surface area (Å²) in [4.78, 5) is 0. The van der Waals surface area contributed by atoms with Gasteiger partial charge in [-0.3, -0.25) is 0 Å². The number of hydrogen-bond donors (Lipinski definition) is 3. The summed E-state index contributed by atoms with van der Waals surface area (Å²) in [6, 6.07) is 19.0. The molecule has 0 radical (unpaired) electrons. The molecule has 0 amide bonds. The second-order valence-corrected chi connectivity index (χ2v) is 5.13. The third-order valence-corrected chi connectivity index (χ3v) is 3.50. The van der Waals surface area contributed by atoms with Gasteiger partial charge in [0.05, 0.1) is 6.61 Å². The van der Waals surface area contributed by atoms with Gasteiger partial charge in [-0.15, -0.1) is 0 Å². The fourth-order valence-electron chi connectivity index (χ4n) is 2.37. The van der Waals surface area contributed by atoms with Crippen LogP contribution in [-0.2, 0) is 12.8 Å². The van der Waals surface area contributed by atoms with Crippen molar-refractivity contribution in [2.45, 2.75) is 24.5 Å². The minimum Gasteiger partial charge on any atom is -0.394 e. The van der Waals surface area contributed by atoms with E-state index in [4.69, 9.17) is 0 Å². The van der Waals surface area contributed by atoms with E-state index in [0.29, 0.717) is 12.8 Å². The molecule has 2 aromatic rings. The molecule has 0 aliphatic heterocycles. The van der Waals surface area contributed by atoms with Crippen LogP contribution in [0.1, 0.15) is 11.1 Å². The highest BCUT2D eigenvalue weighted by atomic mass is 16.4. The Bertz CT molecular complexity index is 469. The van der Waals surface area contributed by atoms with Gasteiger partial charge in [0.2, 0.25) is 0 Å². The maximum absolute atomic E-state index is 10.8. The second kappa shape index (κ2) is 6.66. The Hall–Kier alpha value is -1.68. The van der Waals surface area contributed by atoms with Gasteiger partial charge in [0.1, 0.15) is 11.7 Å². The largest absolute Gasteiger partial charge is 0.394 e. The third-order valence-electron chi connectivity index (χ3n) is 3.50. The van der Waals surface area contributed by atoms with Gasteiger partial charge in [0.15, 0.2) is 0 Å². The summed E-state index contributed by atoms with van der Waals surface area (Å²) in [5.41, 5.74) is 0.481. The Morgan fingerprint density at radius 2 is 1.20 bits per heavy atom. The molecule has 0 aliphatic rings. The van der Waals surface area contributed by atoms with Crippen LogP contribution >= 0.6 is 0 Å². The molecule has 0 bridgehead atoms. The summed E-state index contributed by atoms with van der Waals surface area (Å²) in [7, 11) is 0. The van der Waals surface area contributed by atoms with Crippen LogP contribution in [0.25, 0.3) is 0 Å². The summed E-state index contributed by atoms with van der Waals surface area (Å²) < 4.78 is 0. The lowest BCUT2D eigenvalue weighted by atomic mass is 9.83. The van der Waals surface area contributed by atoms with Crippen LogP contribution < -0.4 is 0 Å². The van der Waals surface area contributed by atoms with Gasteiger partial charge in [-0.05, 0) is 11.1 Å². The first-order valence-electron chi connectivity index (χ1n) is 6.73. The highest BCUT2D eigenvalue weighted by Gasteiger charge is 2.35. The quantitative estimate of drug-likeness (QED) is 0.748. The van der Waals surface area contributed by atoms with Gasteiger partial charge >= 0.3 is 0 Å². The Morgan fingerprint density at radius 1 is 0.800 bits per heavy atom. The van der Waals surface area contributed by atoms with E-state index in [2.05, 4.69) is 0 Å². The summed E-state index contributed by atoms with van der Waals surface area (Å²) in [5.74, 6) is 0. The van der Waals surface area contributed by atoms with Gasteiger partial charge in [0, 0.05) is 12.8 Å². The van der Waals surface area contributed by atoms with Crippen LogP contribution in [0.15, 0.2) is 60.7 Å². The van der Waals surface area contributed by atoms with E-state index < -0.39 is 18.3 Å². The monoisotopic (exact) mass is 272 g/mol. The molecule has 0 heterocycles. The molecule has 106 valence electrons. The van der Waals surface area contributed by atoms with Gasteiger partial charge in [0.25, 0.3) is 0 Å². The van der Waals surface area contributed by atoms with E-state index >= 15 is 0 Å². The van der Waals surface area contributed by atoms with E-state index in [1.165, 1.54) is 0 Å². The average molecular weight is 272 g/mol. The highest BCUT2D eigenvalue weighted by molar-refractivity contribution is 5.22. The molecule has 1 atom stereocenters. The van der Waals surface area contributed by atoms with Crippen molar-refractivity contribution in [1.82, 2.24) is 0 Å². The molecule has 1 unspecified atom stereocenters. The maximum atomic E-state index is 10.8. The Kier molecular flexibility index (Phi) is 4.90. The fourth-order valence-corrected chi connectivity index (χ4v) is 2.37.